The minimum Gasteiger partial charge on any atom is -0.355 e. The summed E-state index contributed by atoms with van der Waals surface area (Å²) < 4.78 is 1.88. The van der Waals surface area contributed by atoms with Gasteiger partial charge in [0.15, 0.2) is 0 Å². The van der Waals surface area contributed by atoms with Crippen molar-refractivity contribution in [2.24, 2.45) is 0 Å². The molecule has 2 aromatic heterocycles. The maximum Gasteiger partial charge on any atom is 0.230 e. The highest BCUT2D eigenvalue weighted by Crippen LogP contribution is 2.29. The monoisotopic (exact) mass is 369 g/mol. The number of aryl methyl sites for hydroxylation is 3. The van der Waals surface area contributed by atoms with E-state index < -0.39 is 0 Å². The molecule has 0 fully saturated rings. The third-order valence-corrected chi connectivity index (χ3v) is 5.25. The molecule has 7 heteroatoms. The standard InChI is InChI=1S/C19H23N5OS/c1-5-8-20-17(25)11-26-19-18-16(14(4)22-23-19)10-21-24(18)15-7-6-12(2)13(3)9-15/h6-7,9-10H,5,8,11H2,1-4H3,(H,20,25). The quantitative estimate of drug-likeness (QED) is 0.675. The summed E-state index contributed by atoms with van der Waals surface area (Å²) in [6, 6.07) is 6.25. The summed E-state index contributed by atoms with van der Waals surface area (Å²) in [5, 5.41) is 17.7. The minimum absolute atomic E-state index is 0.00428. The van der Waals surface area contributed by atoms with Gasteiger partial charge in [0.1, 0.15) is 10.5 Å². The second-order valence-electron chi connectivity index (χ2n) is 6.32. The number of carbonyl (C=O) groups is 1. The van der Waals surface area contributed by atoms with Crippen LogP contribution < -0.4 is 5.32 Å². The SMILES string of the molecule is CCCNC(=O)CSc1nnc(C)c2cnn(-c3ccc(C)c(C)c3)c12. The molecule has 1 aromatic carbocycles. The first-order valence-corrected chi connectivity index (χ1v) is 9.68. The molecular weight excluding hydrogens is 346 g/mol. The van der Waals surface area contributed by atoms with Crippen molar-refractivity contribution in [3.05, 3.63) is 41.2 Å². The lowest BCUT2D eigenvalue weighted by Crippen LogP contribution is -2.25. The molecule has 2 heterocycles. The van der Waals surface area contributed by atoms with Gasteiger partial charge in [-0.3, -0.25) is 4.79 Å². The fraction of sp³-hybridized carbons (Fsp3) is 0.368. The summed E-state index contributed by atoms with van der Waals surface area (Å²) in [5.74, 6) is 0.315. The molecule has 0 aliphatic rings. The van der Waals surface area contributed by atoms with Gasteiger partial charge in [-0.25, -0.2) is 4.68 Å². The van der Waals surface area contributed by atoms with Crippen LogP contribution in [-0.4, -0.2) is 38.2 Å². The van der Waals surface area contributed by atoms with E-state index in [1.807, 2.05) is 30.8 Å². The summed E-state index contributed by atoms with van der Waals surface area (Å²) in [6.45, 7) is 8.82. The summed E-state index contributed by atoms with van der Waals surface area (Å²) in [4.78, 5) is 12.0. The number of nitrogens with one attached hydrogen (secondary N) is 1. The van der Waals surface area contributed by atoms with E-state index in [4.69, 9.17) is 0 Å². The van der Waals surface area contributed by atoms with E-state index >= 15 is 0 Å². The molecule has 0 bridgehead atoms. The van der Waals surface area contributed by atoms with Gasteiger partial charge in [0.2, 0.25) is 5.91 Å². The number of amides is 1. The maximum atomic E-state index is 12.0. The Labute approximate surface area is 157 Å². The molecule has 0 saturated carbocycles. The topological polar surface area (TPSA) is 72.7 Å². The molecule has 3 aromatic rings. The van der Waals surface area contributed by atoms with Gasteiger partial charge in [0.25, 0.3) is 0 Å². The summed E-state index contributed by atoms with van der Waals surface area (Å²) >= 11 is 1.39. The number of aromatic nitrogens is 4. The van der Waals surface area contributed by atoms with Crippen molar-refractivity contribution in [2.75, 3.05) is 12.3 Å². The Morgan fingerprint density at radius 3 is 2.73 bits per heavy atom. The Kier molecular flexibility index (Phi) is 5.56. The first kappa shape index (κ1) is 18.4. The second kappa shape index (κ2) is 7.86. The van der Waals surface area contributed by atoms with E-state index in [0.29, 0.717) is 17.3 Å². The normalized spacial score (nSPS) is 11.1. The Morgan fingerprint density at radius 2 is 2.00 bits per heavy atom. The first-order chi connectivity index (χ1) is 12.5. The number of benzene rings is 1. The van der Waals surface area contributed by atoms with Crippen molar-refractivity contribution in [2.45, 2.75) is 39.1 Å². The third kappa shape index (κ3) is 3.72. The minimum atomic E-state index is 0.00428. The van der Waals surface area contributed by atoms with Crippen molar-refractivity contribution in [3.63, 3.8) is 0 Å². The molecule has 136 valence electrons. The van der Waals surface area contributed by atoms with Gasteiger partial charge in [0.05, 0.1) is 23.3 Å². The number of nitrogens with zero attached hydrogens (tertiary/aromatic N) is 4. The molecule has 6 nitrogen and oxygen atoms in total. The number of hydrogen-bond donors (Lipinski definition) is 1. The van der Waals surface area contributed by atoms with E-state index in [1.165, 1.54) is 22.9 Å². The number of rotatable bonds is 6. The predicted octanol–water partition coefficient (Wildman–Crippen LogP) is 3.36. The van der Waals surface area contributed by atoms with Crippen LogP contribution in [-0.2, 0) is 4.79 Å². The Hall–Kier alpha value is -2.41. The molecule has 0 saturated heterocycles. The third-order valence-electron chi connectivity index (χ3n) is 4.30. The number of fused-ring (bicyclic) bond motifs is 1. The Morgan fingerprint density at radius 1 is 1.19 bits per heavy atom. The van der Waals surface area contributed by atoms with Gasteiger partial charge >= 0.3 is 0 Å². The van der Waals surface area contributed by atoms with E-state index in [-0.39, 0.29) is 5.91 Å². The van der Waals surface area contributed by atoms with E-state index in [1.54, 1.807) is 0 Å². The number of carbonyl (C=O) groups excluding carboxylic acids is 1. The van der Waals surface area contributed by atoms with Gasteiger partial charge in [-0.1, -0.05) is 24.8 Å². The lowest BCUT2D eigenvalue weighted by atomic mass is 10.1. The lowest BCUT2D eigenvalue weighted by molar-refractivity contribution is -0.118. The zero-order chi connectivity index (χ0) is 18.7. The fourth-order valence-corrected chi connectivity index (χ4v) is 3.44. The molecule has 3 rings (SSSR count). The van der Waals surface area contributed by atoms with Gasteiger partial charge in [-0.15, -0.1) is 5.10 Å². The molecule has 0 aliphatic carbocycles. The first-order valence-electron chi connectivity index (χ1n) is 8.69. The zero-order valence-electron chi connectivity index (χ0n) is 15.5. The zero-order valence-corrected chi connectivity index (χ0v) is 16.4. The lowest BCUT2D eigenvalue weighted by Gasteiger charge is -2.10. The van der Waals surface area contributed by atoms with Crippen molar-refractivity contribution in [3.8, 4) is 5.69 Å². The highest BCUT2D eigenvalue weighted by Gasteiger charge is 2.16. The van der Waals surface area contributed by atoms with Crippen LogP contribution in [0.5, 0.6) is 0 Å². The summed E-state index contributed by atoms with van der Waals surface area (Å²) in [6.07, 6.45) is 2.74. The van der Waals surface area contributed by atoms with Crippen molar-refractivity contribution >= 4 is 28.6 Å². The van der Waals surface area contributed by atoms with Crippen LogP contribution in [0.3, 0.4) is 0 Å². The largest absolute Gasteiger partial charge is 0.355 e. The highest BCUT2D eigenvalue weighted by atomic mass is 32.2. The molecular formula is C19H23N5OS. The van der Waals surface area contributed by atoms with E-state index in [2.05, 4.69) is 46.6 Å². The van der Waals surface area contributed by atoms with Crippen LogP contribution in [0.4, 0.5) is 0 Å². The van der Waals surface area contributed by atoms with E-state index in [9.17, 15) is 4.79 Å². The fourth-order valence-electron chi connectivity index (χ4n) is 2.64. The van der Waals surface area contributed by atoms with Gasteiger partial charge in [-0.2, -0.15) is 10.2 Å². The van der Waals surface area contributed by atoms with Crippen LogP contribution in [0.15, 0.2) is 29.4 Å². The number of hydrogen-bond acceptors (Lipinski definition) is 5. The molecule has 1 amide bonds. The molecule has 0 aliphatic heterocycles. The van der Waals surface area contributed by atoms with Crippen LogP contribution in [0.2, 0.25) is 0 Å². The molecule has 0 atom stereocenters. The molecule has 0 spiro atoms. The Balaban J connectivity index is 1.99. The van der Waals surface area contributed by atoms with E-state index in [0.717, 1.165) is 28.7 Å². The van der Waals surface area contributed by atoms with Crippen LogP contribution in [0, 0.1) is 20.8 Å². The van der Waals surface area contributed by atoms with Crippen LogP contribution in [0.1, 0.15) is 30.2 Å². The van der Waals surface area contributed by atoms with Crippen molar-refractivity contribution in [1.82, 2.24) is 25.3 Å². The van der Waals surface area contributed by atoms with Crippen molar-refractivity contribution < 1.29 is 4.79 Å². The van der Waals surface area contributed by atoms with Gasteiger partial charge in [0, 0.05) is 11.9 Å². The molecule has 26 heavy (non-hydrogen) atoms. The average molecular weight is 369 g/mol. The molecule has 1 N–H and O–H groups in total. The highest BCUT2D eigenvalue weighted by molar-refractivity contribution is 8.00. The van der Waals surface area contributed by atoms with Gasteiger partial charge in [-0.05, 0) is 50.5 Å². The van der Waals surface area contributed by atoms with Crippen molar-refractivity contribution in [1.29, 1.82) is 0 Å². The van der Waals surface area contributed by atoms with Crippen LogP contribution >= 0.6 is 11.8 Å². The molecule has 0 radical (unpaired) electrons. The summed E-state index contributed by atoms with van der Waals surface area (Å²) in [5.41, 5.74) is 5.15. The van der Waals surface area contributed by atoms with Gasteiger partial charge < -0.3 is 5.32 Å². The van der Waals surface area contributed by atoms with Crippen LogP contribution in [0.25, 0.3) is 16.6 Å². The smallest absolute Gasteiger partial charge is 0.230 e. The summed E-state index contributed by atoms with van der Waals surface area (Å²) in [7, 11) is 0. The average Bonchev–Trinajstić information content (AvgIpc) is 3.08. The molecule has 0 unspecified atom stereocenters. The second-order valence-corrected chi connectivity index (χ2v) is 7.28. The number of thioether (sulfide) groups is 1. The predicted molar refractivity (Wildman–Crippen MR) is 105 cm³/mol. The maximum absolute atomic E-state index is 12.0. The Bertz CT molecular complexity index is 950.